The van der Waals surface area contributed by atoms with E-state index in [2.05, 4.69) is 24.3 Å². The molecule has 0 aliphatic heterocycles. The maximum atomic E-state index is 11.0. The molecule has 2 aliphatic carbocycles. The Kier molecular flexibility index (Phi) is 8.59. The van der Waals surface area contributed by atoms with Gasteiger partial charge in [0.15, 0.2) is 0 Å². The summed E-state index contributed by atoms with van der Waals surface area (Å²) in [6.07, 6.45) is 11.4. The topological polar surface area (TPSA) is 105 Å². The summed E-state index contributed by atoms with van der Waals surface area (Å²) in [5, 5.41) is 22.0. The monoisotopic (exact) mass is 592 g/mol. The molecule has 0 bridgehead atoms. The van der Waals surface area contributed by atoms with Crippen molar-refractivity contribution < 1.29 is 19.3 Å². The molecule has 0 amide bonds. The number of rotatable bonds is 9. The van der Waals surface area contributed by atoms with Crippen LogP contribution in [0.4, 0.5) is 11.4 Å². The van der Waals surface area contributed by atoms with Gasteiger partial charge >= 0.3 is 0 Å². The fourth-order valence-corrected chi connectivity index (χ4v) is 7.18. The fourth-order valence-electron chi connectivity index (χ4n) is 7.18. The first-order valence-electron chi connectivity index (χ1n) is 15.5. The quantitative estimate of drug-likeness (QED) is 0.141. The predicted octanol–water partition coefficient (Wildman–Crippen LogP) is 10.1. The van der Waals surface area contributed by atoms with Gasteiger partial charge in [-0.1, -0.05) is 56.4 Å². The molecule has 8 nitrogen and oxygen atoms in total. The molecule has 0 heterocycles. The Morgan fingerprint density at radius 2 is 0.841 bits per heavy atom. The molecule has 2 aliphatic rings. The molecule has 0 aromatic heterocycles. The highest BCUT2D eigenvalue weighted by molar-refractivity contribution is 5.46. The number of hydrogen-bond donors (Lipinski definition) is 0. The van der Waals surface area contributed by atoms with Crippen LogP contribution >= 0.6 is 0 Å². The summed E-state index contributed by atoms with van der Waals surface area (Å²) in [7, 11) is 0. The molecule has 0 atom stereocenters. The predicted molar refractivity (Wildman–Crippen MR) is 169 cm³/mol. The molecule has 44 heavy (non-hydrogen) atoms. The van der Waals surface area contributed by atoms with Gasteiger partial charge in [0.2, 0.25) is 0 Å². The lowest BCUT2D eigenvalue weighted by atomic mass is 9.60. The van der Waals surface area contributed by atoms with Crippen molar-refractivity contribution in [2.45, 2.75) is 63.2 Å². The molecule has 0 spiro atoms. The van der Waals surface area contributed by atoms with Crippen LogP contribution in [0, 0.1) is 32.1 Å². The van der Waals surface area contributed by atoms with E-state index in [1.807, 2.05) is 24.3 Å². The van der Waals surface area contributed by atoms with Gasteiger partial charge in [-0.3, -0.25) is 20.2 Å². The zero-order valence-electron chi connectivity index (χ0n) is 24.6. The van der Waals surface area contributed by atoms with Crippen LogP contribution in [0.3, 0.4) is 0 Å². The van der Waals surface area contributed by atoms with Crippen molar-refractivity contribution in [3.63, 3.8) is 0 Å². The van der Waals surface area contributed by atoms with E-state index in [4.69, 9.17) is 9.47 Å². The number of nitrogens with zero attached hydrogens (tertiary/aromatic N) is 2. The van der Waals surface area contributed by atoms with Gasteiger partial charge in [-0.05, 0) is 97.2 Å². The first-order valence-corrected chi connectivity index (χ1v) is 15.5. The molecule has 0 radical (unpaired) electrons. The molecule has 2 saturated carbocycles. The average Bonchev–Trinajstić information content (AvgIpc) is 3.06. The summed E-state index contributed by atoms with van der Waals surface area (Å²) < 4.78 is 12.0. The van der Waals surface area contributed by atoms with Crippen molar-refractivity contribution in [3.05, 3.63) is 128 Å². The largest absolute Gasteiger partial charge is 0.457 e. The summed E-state index contributed by atoms with van der Waals surface area (Å²) in [5.41, 5.74) is 2.42. The van der Waals surface area contributed by atoms with Crippen LogP contribution in [0.1, 0.15) is 68.9 Å². The molecule has 226 valence electrons. The second-order valence-corrected chi connectivity index (χ2v) is 12.1. The molecule has 4 aromatic carbocycles. The van der Waals surface area contributed by atoms with Gasteiger partial charge in [0.25, 0.3) is 11.4 Å². The molecular weight excluding hydrogens is 556 g/mol. The van der Waals surface area contributed by atoms with Crippen LogP contribution < -0.4 is 9.47 Å². The van der Waals surface area contributed by atoms with Crippen LogP contribution in [0.2, 0.25) is 0 Å². The Bertz CT molecular complexity index is 1470. The van der Waals surface area contributed by atoms with Crippen LogP contribution in [0.5, 0.6) is 23.0 Å². The molecule has 8 heteroatoms. The normalized spacial score (nSPS) is 17.1. The van der Waals surface area contributed by atoms with Crippen molar-refractivity contribution >= 4 is 11.4 Å². The van der Waals surface area contributed by atoms with E-state index in [1.54, 1.807) is 24.3 Å². The summed E-state index contributed by atoms with van der Waals surface area (Å²) in [6.45, 7) is 0. The maximum absolute atomic E-state index is 11.0. The van der Waals surface area contributed by atoms with E-state index >= 15 is 0 Å². The SMILES string of the molecule is O=[N+]([O-])c1ccc(Oc2ccc(C3(c4ccc(Oc5ccc([N+](=O)[O-])cc5)cc4)CCC(C4CCCCC4)CC3)cc2)cc1. The number of hydrogen-bond acceptors (Lipinski definition) is 6. The van der Waals surface area contributed by atoms with E-state index in [9.17, 15) is 20.2 Å². The third-order valence-electron chi connectivity index (χ3n) is 9.58. The fraction of sp³-hybridized carbons (Fsp3) is 0.333. The Balaban J connectivity index is 1.23. The van der Waals surface area contributed by atoms with Crippen molar-refractivity contribution in [2.24, 2.45) is 11.8 Å². The Morgan fingerprint density at radius 3 is 1.20 bits per heavy atom. The number of benzene rings is 4. The van der Waals surface area contributed by atoms with E-state index in [1.165, 1.54) is 80.3 Å². The van der Waals surface area contributed by atoms with Crippen LogP contribution in [-0.2, 0) is 5.41 Å². The number of nitro groups is 2. The Morgan fingerprint density at radius 1 is 0.500 bits per heavy atom. The smallest absolute Gasteiger partial charge is 0.269 e. The third kappa shape index (κ3) is 6.44. The first-order chi connectivity index (χ1) is 21.4. The van der Waals surface area contributed by atoms with Crippen LogP contribution in [0.15, 0.2) is 97.1 Å². The van der Waals surface area contributed by atoms with E-state index in [0.29, 0.717) is 23.0 Å². The zero-order chi connectivity index (χ0) is 30.5. The molecule has 2 fully saturated rings. The van der Waals surface area contributed by atoms with Crippen LogP contribution in [-0.4, -0.2) is 9.85 Å². The van der Waals surface area contributed by atoms with Crippen LogP contribution in [0.25, 0.3) is 0 Å². The lowest BCUT2D eigenvalue weighted by molar-refractivity contribution is -0.385. The highest BCUT2D eigenvalue weighted by Crippen LogP contribution is 2.50. The minimum Gasteiger partial charge on any atom is -0.457 e. The highest BCUT2D eigenvalue weighted by atomic mass is 16.6. The van der Waals surface area contributed by atoms with Crippen molar-refractivity contribution in [3.8, 4) is 23.0 Å². The second kappa shape index (κ2) is 12.9. The summed E-state index contributed by atoms with van der Waals surface area (Å²) in [5.74, 6) is 4.08. The Hall–Kier alpha value is -4.72. The van der Waals surface area contributed by atoms with E-state index < -0.39 is 9.85 Å². The summed E-state index contributed by atoms with van der Waals surface area (Å²) >= 11 is 0. The van der Waals surface area contributed by atoms with Gasteiger partial charge in [-0.25, -0.2) is 0 Å². The molecule has 0 N–H and O–H groups in total. The molecule has 6 rings (SSSR count). The minimum atomic E-state index is -0.421. The summed E-state index contributed by atoms with van der Waals surface area (Å²) in [6, 6.07) is 28.8. The standard InChI is InChI=1S/C36H36N2O6/c39-37(40)30-10-18-34(19-11-30)43-32-14-6-28(7-15-32)36(24-22-27(23-25-36)26-4-2-1-3-5-26)29-8-16-33(17-9-29)44-35-20-12-31(13-21-35)38(41)42/h6-21,26-27H,1-5,22-25H2. The molecule has 0 saturated heterocycles. The van der Waals surface area contributed by atoms with Crippen molar-refractivity contribution in [1.82, 2.24) is 0 Å². The number of nitro benzene ring substituents is 2. The lowest BCUT2D eigenvalue weighted by Crippen LogP contribution is -2.35. The van der Waals surface area contributed by atoms with Crippen molar-refractivity contribution in [2.75, 3.05) is 0 Å². The van der Waals surface area contributed by atoms with E-state index in [-0.39, 0.29) is 16.8 Å². The summed E-state index contributed by atoms with van der Waals surface area (Å²) in [4.78, 5) is 21.1. The third-order valence-corrected chi connectivity index (χ3v) is 9.58. The van der Waals surface area contributed by atoms with Gasteiger partial charge in [0.05, 0.1) is 9.85 Å². The van der Waals surface area contributed by atoms with Gasteiger partial charge in [0, 0.05) is 29.7 Å². The first kappa shape index (κ1) is 29.4. The molecule has 4 aromatic rings. The van der Waals surface area contributed by atoms with Gasteiger partial charge in [0.1, 0.15) is 23.0 Å². The lowest BCUT2D eigenvalue weighted by Gasteiger charge is -2.44. The second-order valence-electron chi connectivity index (χ2n) is 12.1. The highest BCUT2D eigenvalue weighted by Gasteiger charge is 2.40. The molecule has 0 unspecified atom stereocenters. The number of ether oxygens (including phenoxy) is 2. The molecular formula is C36H36N2O6. The maximum Gasteiger partial charge on any atom is 0.269 e. The zero-order valence-corrected chi connectivity index (χ0v) is 24.6. The van der Waals surface area contributed by atoms with Gasteiger partial charge < -0.3 is 9.47 Å². The minimum absolute atomic E-state index is 0.0302. The van der Waals surface area contributed by atoms with Gasteiger partial charge in [-0.2, -0.15) is 0 Å². The Labute approximate surface area is 257 Å². The van der Waals surface area contributed by atoms with Crippen molar-refractivity contribution in [1.29, 1.82) is 0 Å². The average molecular weight is 593 g/mol. The van der Waals surface area contributed by atoms with E-state index in [0.717, 1.165) is 24.7 Å². The number of non-ortho nitro benzene ring substituents is 2. The van der Waals surface area contributed by atoms with Gasteiger partial charge in [-0.15, -0.1) is 0 Å².